The van der Waals surface area contributed by atoms with Crippen LogP contribution < -0.4 is 15.5 Å². The Bertz CT molecular complexity index is 1890. The lowest BCUT2D eigenvalue weighted by Crippen LogP contribution is -2.47. The van der Waals surface area contributed by atoms with Crippen molar-refractivity contribution in [3.8, 4) is 0 Å². The molecule has 1 aliphatic heterocycles. The first kappa shape index (κ1) is 38.9. The van der Waals surface area contributed by atoms with Crippen LogP contribution in [-0.4, -0.2) is 56.4 Å². The number of rotatable bonds is 11. The maximum atomic E-state index is 14.2. The van der Waals surface area contributed by atoms with Crippen LogP contribution in [0, 0.1) is 27.7 Å². The van der Waals surface area contributed by atoms with Gasteiger partial charge in [0.15, 0.2) is 0 Å². The van der Waals surface area contributed by atoms with Crippen LogP contribution in [-0.2, 0) is 22.1 Å². The Kier molecular flexibility index (Phi) is 13.1. The normalized spacial score (nSPS) is 14.3. The van der Waals surface area contributed by atoms with Crippen LogP contribution in [0.5, 0.6) is 0 Å². The SMILES string of the molecule is CCC(Cc1ccc(C)cc1)(Cc1ccc(N2CCOCC2)cc1)N(C)C.Cc1cc(C)c(C(=O)P(=O)(c2ccccc2)c2ccccc2)c(C)c1. The Morgan fingerprint density at radius 1 is 0.692 bits per heavy atom. The smallest absolute Gasteiger partial charge is 0.230 e. The van der Waals surface area contributed by atoms with Gasteiger partial charge in [0, 0.05) is 40.5 Å². The molecule has 272 valence electrons. The van der Waals surface area contributed by atoms with Gasteiger partial charge in [-0.05, 0) is 95.4 Å². The number of anilines is 1. The molecule has 0 N–H and O–H groups in total. The van der Waals surface area contributed by atoms with Gasteiger partial charge in [0.05, 0.1) is 13.2 Å². The minimum atomic E-state index is -3.44. The lowest BCUT2D eigenvalue weighted by molar-refractivity contribution is 0.107. The monoisotopic (exact) mass is 714 g/mol. The maximum absolute atomic E-state index is 14.2. The van der Waals surface area contributed by atoms with E-state index in [0.29, 0.717) is 16.2 Å². The van der Waals surface area contributed by atoms with E-state index in [1.165, 1.54) is 22.4 Å². The predicted octanol–water partition coefficient (Wildman–Crippen LogP) is 9.09. The van der Waals surface area contributed by atoms with Crippen molar-refractivity contribution >= 4 is 29.0 Å². The number of aryl methyl sites for hydroxylation is 4. The molecule has 1 unspecified atom stereocenters. The summed E-state index contributed by atoms with van der Waals surface area (Å²) in [5.74, 6) is 0. The van der Waals surface area contributed by atoms with E-state index in [1.807, 2.05) is 69.3 Å². The molecule has 0 bridgehead atoms. The number of morpholine rings is 1. The first-order chi connectivity index (χ1) is 25.0. The van der Waals surface area contributed by atoms with Crippen molar-refractivity contribution in [1.29, 1.82) is 0 Å². The maximum Gasteiger partial charge on any atom is 0.230 e. The largest absolute Gasteiger partial charge is 0.378 e. The summed E-state index contributed by atoms with van der Waals surface area (Å²) in [4.78, 5) is 18.4. The minimum absolute atomic E-state index is 0.135. The zero-order chi connectivity index (χ0) is 37.3. The molecular formula is C46H55N2O3P. The van der Waals surface area contributed by atoms with Crippen LogP contribution in [0.2, 0.25) is 0 Å². The van der Waals surface area contributed by atoms with Gasteiger partial charge in [-0.2, -0.15) is 0 Å². The van der Waals surface area contributed by atoms with Crippen LogP contribution in [0.1, 0.15) is 57.1 Å². The molecule has 0 spiro atoms. The van der Waals surface area contributed by atoms with Gasteiger partial charge < -0.3 is 19.1 Å². The third kappa shape index (κ3) is 9.01. The van der Waals surface area contributed by atoms with Crippen molar-refractivity contribution in [2.75, 3.05) is 45.3 Å². The number of hydrogen-bond donors (Lipinski definition) is 0. The number of ether oxygens (including phenoxy) is 1. The van der Waals surface area contributed by atoms with Crippen LogP contribution in [0.3, 0.4) is 0 Å². The van der Waals surface area contributed by atoms with Crippen LogP contribution in [0.4, 0.5) is 5.69 Å². The summed E-state index contributed by atoms with van der Waals surface area (Å²) in [6.07, 6.45) is 3.26. The van der Waals surface area contributed by atoms with Gasteiger partial charge in [-0.3, -0.25) is 4.79 Å². The van der Waals surface area contributed by atoms with Crippen molar-refractivity contribution in [2.24, 2.45) is 0 Å². The van der Waals surface area contributed by atoms with Crippen molar-refractivity contribution in [1.82, 2.24) is 4.90 Å². The van der Waals surface area contributed by atoms with E-state index in [2.05, 4.69) is 86.3 Å². The highest BCUT2D eigenvalue weighted by atomic mass is 31.2. The Morgan fingerprint density at radius 2 is 1.15 bits per heavy atom. The minimum Gasteiger partial charge on any atom is -0.378 e. The van der Waals surface area contributed by atoms with E-state index in [9.17, 15) is 9.36 Å². The molecule has 0 radical (unpaired) electrons. The van der Waals surface area contributed by atoms with E-state index in [0.717, 1.165) is 62.3 Å². The highest BCUT2D eigenvalue weighted by molar-refractivity contribution is 7.93. The fourth-order valence-corrected chi connectivity index (χ4v) is 10.0. The fourth-order valence-electron chi connectivity index (χ4n) is 7.39. The predicted molar refractivity (Wildman–Crippen MR) is 220 cm³/mol. The third-order valence-electron chi connectivity index (χ3n) is 10.5. The van der Waals surface area contributed by atoms with Crippen molar-refractivity contribution in [2.45, 2.75) is 59.4 Å². The summed E-state index contributed by atoms with van der Waals surface area (Å²) >= 11 is 0. The van der Waals surface area contributed by atoms with Crippen LogP contribution >= 0.6 is 7.14 Å². The van der Waals surface area contributed by atoms with Gasteiger partial charge in [0.2, 0.25) is 12.7 Å². The van der Waals surface area contributed by atoms with E-state index >= 15 is 0 Å². The Hall–Kier alpha value is -4.28. The quantitative estimate of drug-likeness (QED) is 0.128. The molecule has 1 heterocycles. The summed E-state index contributed by atoms with van der Waals surface area (Å²) in [7, 11) is 0.999. The third-order valence-corrected chi connectivity index (χ3v) is 13.4. The average molecular weight is 715 g/mol. The second kappa shape index (κ2) is 17.5. The molecule has 5 aromatic rings. The van der Waals surface area contributed by atoms with E-state index in [1.54, 1.807) is 24.3 Å². The molecule has 6 rings (SSSR count). The number of likely N-dealkylation sites (N-methyl/N-ethyl adjacent to an activating group) is 1. The van der Waals surface area contributed by atoms with E-state index in [-0.39, 0.29) is 11.1 Å². The van der Waals surface area contributed by atoms with Crippen molar-refractivity contribution in [3.63, 3.8) is 0 Å². The molecule has 1 saturated heterocycles. The van der Waals surface area contributed by atoms with Crippen LogP contribution in [0.25, 0.3) is 0 Å². The first-order valence-corrected chi connectivity index (χ1v) is 20.2. The molecule has 1 aliphatic rings. The molecule has 1 atom stereocenters. The number of hydrogen-bond acceptors (Lipinski definition) is 5. The summed E-state index contributed by atoms with van der Waals surface area (Å²) in [6.45, 7) is 13.9. The first-order valence-electron chi connectivity index (χ1n) is 18.5. The Balaban J connectivity index is 0.000000202. The van der Waals surface area contributed by atoms with Crippen molar-refractivity contribution < 1.29 is 14.1 Å². The molecule has 5 aromatic carbocycles. The topological polar surface area (TPSA) is 49.9 Å². The van der Waals surface area contributed by atoms with Gasteiger partial charge in [0.1, 0.15) is 0 Å². The molecule has 0 aliphatic carbocycles. The van der Waals surface area contributed by atoms with Crippen LogP contribution in [0.15, 0.2) is 121 Å². The molecule has 0 amide bonds. The average Bonchev–Trinajstić information content (AvgIpc) is 3.16. The molecule has 0 saturated carbocycles. The number of carbonyl (C=O) groups excluding carboxylic acids is 1. The Morgan fingerprint density at radius 3 is 1.60 bits per heavy atom. The van der Waals surface area contributed by atoms with Gasteiger partial charge >= 0.3 is 0 Å². The molecular weight excluding hydrogens is 659 g/mol. The second-order valence-corrected chi connectivity index (χ2v) is 17.1. The molecule has 5 nitrogen and oxygen atoms in total. The molecule has 0 aromatic heterocycles. The number of carbonyl (C=O) groups is 1. The highest BCUT2D eigenvalue weighted by Gasteiger charge is 2.38. The fraction of sp³-hybridized carbons (Fsp3) is 0.326. The number of benzene rings is 5. The van der Waals surface area contributed by atoms with Gasteiger partial charge in [-0.1, -0.05) is 127 Å². The summed E-state index contributed by atoms with van der Waals surface area (Å²) in [6, 6.07) is 40.3. The Labute approximate surface area is 312 Å². The summed E-state index contributed by atoms with van der Waals surface area (Å²) < 4.78 is 19.6. The zero-order valence-corrected chi connectivity index (χ0v) is 33.0. The zero-order valence-electron chi connectivity index (χ0n) is 32.1. The highest BCUT2D eigenvalue weighted by Crippen LogP contribution is 2.48. The van der Waals surface area contributed by atoms with Gasteiger partial charge in [0.25, 0.3) is 0 Å². The molecule has 1 fully saturated rings. The van der Waals surface area contributed by atoms with Crippen molar-refractivity contribution in [3.05, 3.63) is 160 Å². The summed E-state index contributed by atoms with van der Waals surface area (Å²) in [5, 5.41) is 1.15. The number of nitrogens with zero attached hydrogens (tertiary/aromatic N) is 2. The second-order valence-electron chi connectivity index (χ2n) is 14.4. The van der Waals surface area contributed by atoms with Gasteiger partial charge in [-0.25, -0.2) is 0 Å². The summed E-state index contributed by atoms with van der Waals surface area (Å²) in [5.41, 5.74) is 8.72. The lowest BCUT2D eigenvalue weighted by Gasteiger charge is -2.40. The molecule has 6 heteroatoms. The van der Waals surface area contributed by atoms with Gasteiger partial charge in [-0.15, -0.1) is 0 Å². The van der Waals surface area contributed by atoms with E-state index in [4.69, 9.17) is 4.74 Å². The van der Waals surface area contributed by atoms with E-state index < -0.39 is 7.14 Å². The molecule has 52 heavy (non-hydrogen) atoms. The lowest BCUT2D eigenvalue weighted by atomic mass is 9.81. The standard InChI is InChI=1S/C24H34N2O.C22H21O2P/c1-5-24(25(3)4,18-21-8-6-20(2)7-9-21)19-22-10-12-23(13-11-22)26-14-16-27-17-15-26;1-16-14-17(2)21(18(3)15-16)22(23)25(24,19-10-6-4-7-11-19)20-12-8-5-9-13-20/h6-13H,5,14-19H2,1-4H3;4-15H,1-3H3.